The van der Waals surface area contributed by atoms with Crippen LogP contribution in [0.1, 0.15) is 21.6 Å². The topological polar surface area (TPSA) is 84.8 Å². The van der Waals surface area contributed by atoms with Crippen molar-refractivity contribution in [1.82, 2.24) is 15.2 Å². The first-order chi connectivity index (χ1) is 8.65. The maximum atomic E-state index is 9.19. The summed E-state index contributed by atoms with van der Waals surface area (Å²) in [5.41, 5.74) is 0.508. The lowest BCUT2D eigenvalue weighted by Crippen LogP contribution is -1.94. The van der Waals surface area contributed by atoms with E-state index >= 15 is 0 Å². The summed E-state index contributed by atoms with van der Waals surface area (Å²) in [5.74, 6) is 0.582. The van der Waals surface area contributed by atoms with Crippen LogP contribution in [0, 0.1) is 25.2 Å². The molecule has 0 atom stereocenters. The van der Waals surface area contributed by atoms with E-state index in [1.54, 1.807) is 13.8 Å². The van der Waals surface area contributed by atoms with Crippen molar-refractivity contribution in [2.75, 3.05) is 0 Å². The molecule has 0 saturated carbocycles. The molecule has 0 aliphatic rings. The highest BCUT2D eigenvalue weighted by atomic mass is 32.1. The first-order valence-corrected chi connectivity index (χ1v) is 5.71. The summed E-state index contributed by atoms with van der Waals surface area (Å²) >= 11 is 1.27. The summed E-state index contributed by atoms with van der Waals surface area (Å²) in [5, 5.41) is 18.1. The minimum Gasteiger partial charge on any atom is -0.565 e. The largest absolute Gasteiger partial charge is 0.565 e. The Bertz CT molecular complexity index is 640. The minimum atomic E-state index is 0.136. The fourth-order valence-electron chi connectivity index (χ4n) is 1.31. The van der Waals surface area contributed by atoms with Crippen molar-refractivity contribution in [2.24, 2.45) is 0 Å². The molecule has 0 spiro atoms. The van der Waals surface area contributed by atoms with Crippen LogP contribution in [-0.2, 0) is 4.65 Å². The zero-order valence-corrected chi connectivity index (χ0v) is 10.5. The minimum absolute atomic E-state index is 0.136. The van der Waals surface area contributed by atoms with Crippen molar-refractivity contribution in [2.45, 2.75) is 13.8 Å². The van der Waals surface area contributed by atoms with Crippen molar-refractivity contribution < 1.29 is 9.07 Å². The summed E-state index contributed by atoms with van der Waals surface area (Å²) in [4.78, 5) is 4.06. The van der Waals surface area contributed by atoms with Crippen LogP contribution in [0.15, 0.2) is 10.7 Å². The molecule has 0 aliphatic heterocycles. The summed E-state index contributed by atoms with van der Waals surface area (Å²) in [7, 11) is 5.21. The predicted octanol–water partition coefficient (Wildman–Crippen LogP) is 1.63. The Hall–Kier alpha value is -2.14. The molecule has 0 N–H and O–H groups in total. The highest BCUT2D eigenvalue weighted by Gasteiger charge is 2.18. The van der Waals surface area contributed by atoms with E-state index in [1.807, 2.05) is 6.07 Å². The van der Waals surface area contributed by atoms with Gasteiger partial charge in [-0.1, -0.05) is 11.3 Å². The third-order valence-electron chi connectivity index (χ3n) is 2.05. The van der Waals surface area contributed by atoms with Gasteiger partial charge in [-0.3, -0.25) is 0 Å². The van der Waals surface area contributed by atoms with Crippen molar-refractivity contribution in [3.8, 4) is 6.07 Å². The molecule has 0 aromatic carbocycles. The SMILES string of the molecule is [B]OC(=C(C#N)c1coc(C)n1)c1nnc(C)s1. The fourth-order valence-corrected chi connectivity index (χ4v) is 1.99. The molecule has 2 radical (unpaired) electrons. The van der Waals surface area contributed by atoms with Gasteiger partial charge < -0.3 is 9.07 Å². The fraction of sp³-hybridized carbons (Fsp3) is 0.200. The maximum absolute atomic E-state index is 9.19. The summed E-state index contributed by atoms with van der Waals surface area (Å²) in [6.07, 6.45) is 1.36. The quantitative estimate of drug-likeness (QED) is 0.472. The number of rotatable bonds is 3. The van der Waals surface area contributed by atoms with Gasteiger partial charge in [-0.05, 0) is 6.92 Å². The molecule has 2 rings (SSSR count). The van der Waals surface area contributed by atoms with Crippen LogP contribution in [0.2, 0.25) is 0 Å². The molecule has 8 heteroatoms. The third kappa shape index (κ3) is 2.26. The molecular formula is C10H7BN4O2S. The van der Waals surface area contributed by atoms with Gasteiger partial charge in [0.15, 0.2) is 16.7 Å². The molecule has 0 saturated heterocycles. The van der Waals surface area contributed by atoms with Crippen LogP contribution in [-0.4, -0.2) is 23.2 Å². The molecule has 2 aromatic rings. The number of oxazole rings is 1. The first kappa shape index (κ1) is 12.3. The van der Waals surface area contributed by atoms with Gasteiger partial charge >= 0.3 is 8.05 Å². The second-order valence-electron chi connectivity index (χ2n) is 3.31. The molecular weight excluding hydrogens is 251 g/mol. The summed E-state index contributed by atoms with van der Waals surface area (Å²) in [6, 6.07) is 1.98. The Morgan fingerprint density at radius 1 is 1.50 bits per heavy atom. The zero-order chi connectivity index (χ0) is 13.1. The van der Waals surface area contributed by atoms with Crippen molar-refractivity contribution in [3.05, 3.63) is 27.9 Å². The lowest BCUT2D eigenvalue weighted by molar-refractivity contribution is 0.521. The highest BCUT2D eigenvalue weighted by Crippen LogP contribution is 2.27. The Balaban J connectivity index is 2.56. The van der Waals surface area contributed by atoms with Crippen LogP contribution < -0.4 is 0 Å². The highest BCUT2D eigenvalue weighted by molar-refractivity contribution is 7.12. The van der Waals surface area contributed by atoms with Gasteiger partial charge in [-0.15, -0.1) is 10.2 Å². The smallest absolute Gasteiger partial charge is 0.374 e. The average molecular weight is 258 g/mol. The van der Waals surface area contributed by atoms with Crippen molar-refractivity contribution >= 4 is 30.7 Å². The number of nitriles is 1. The van der Waals surface area contributed by atoms with E-state index in [9.17, 15) is 5.26 Å². The second-order valence-corrected chi connectivity index (χ2v) is 4.49. The number of aromatic nitrogens is 3. The first-order valence-electron chi connectivity index (χ1n) is 4.89. The number of hydrogen-bond donors (Lipinski definition) is 0. The third-order valence-corrected chi connectivity index (χ3v) is 2.89. The predicted molar refractivity (Wildman–Crippen MR) is 65.2 cm³/mol. The number of allylic oxidation sites excluding steroid dienone is 1. The van der Waals surface area contributed by atoms with Crippen molar-refractivity contribution in [1.29, 1.82) is 5.26 Å². The molecule has 6 nitrogen and oxygen atoms in total. The molecule has 88 valence electrons. The Morgan fingerprint density at radius 2 is 2.28 bits per heavy atom. The summed E-state index contributed by atoms with van der Waals surface area (Å²) < 4.78 is 9.81. The van der Waals surface area contributed by atoms with Gasteiger partial charge in [-0.2, -0.15) is 5.26 Å². The Kier molecular flexibility index (Phi) is 3.44. The van der Waals surface area contributed by atoms with Gasteiger partial charge in [0.25, 0.3) is 0 Å². The molecule has 0 amide bonds. The van der Waals surface area contributed by atoms with Gasteiger partial charge in [0.05, 0.1) is 0 Å². The molecule has 2 heterocycles. The summed E-state index contributed by atoms with van der Waals surface area (Å²) in [6.45, 7) is 3.47. The second kappa shape index (κ2) is 5.02. The van der Waals surface area contributed by atoms with E-state index in [0.29, 0.717) is 16.6 Å². The van der Waals surface area contributed by atoms with Crippen LogP contribution in [0.4, 0.5) is 0 Å². The monoisotopic (exact) mass is 258 g/mol. The Morgan fingerprint density at radius 3 is 2.72 bits per heavy atom. The van der Waals surface area contributed by atoms with Gasteiger partial charge in [-0.25, -0.2) is 4.98 Å². The lowest BCUT2D eigenvalue weighted by atomic mass is 10.2. The molecule has 18 heavy (non-hydrogen) atoms. The van der Waals surface area contributed by atoms with Crippen LogP contribution in [0.3, 0.4) is 0 Å². The van der Waals surface area contributed by atoms with Gasteiger partial charge in [0.2, 0.25) is 0 Å². The van der Waals surface area contributed by atoms with E-state index in [-0.39, 0.29) is 11.3 Å². The molecule has 0 fully saturated rings. The number of aryl methyl sites for hydroxylation is 2. The van der Waals surface area contributed by atoms with E-state index in [0.717, 1.165) is 5.01 Å². The number of hydrogen-bond acceptors (Lipinski definition) is 7. The van der Waals surface area contributed by atoms with Crippen LogP contribution in [0.5, 0.6) is 0 Å². The van der Waals surface area contributed by atoms with Crippen LogP contribution >= 0.6 is 11.3 Å². The van der Waals surface area contributed by atoms with Crippen LogP contribution in [0.25, 0.3) is 11.3 Å². The standard InChI is InChI=1S/C10H7BN4O2S/c1-5-13-8(4-16-5)7(3-12)9(17-11)10-15-14-6(2)18-10/h4H,1-2H3. The average Bonchev–Trinajstić information content (AvgIpc) is 2.95. The van der Waals surface area contributed by atoms with E-state index in [4.69, 9.17) is 17.1 Å². The normalized spacial score (nSPS) is 11.8. The number of nitrogens with zero attached hydrogens (tertiary/aromatic N) is 4. The Labute approximate surface area is 108 Å². The van der Waals surface area contributed by atoms with E-state index < -0.39 is 0 Å². The molecule has 0 unspecified atom stereocenters. The van der Waals surface area contributed by atoms with Gasteiger partial charge in [0.1, 0.15) is 28.6 Å². The molecule has 2 aromatic heterocycles. The maximum Gasteiger partial charge on any atom is 0.374 e. The van der Waals surface area contributed by atoms with E-state index in [1.165, 1.54) is 17.6 Å². The molecule has 0 bridgehead atoms. The molecule has 0 aliphatic carbocycles. The van der Waals surface area contributed by atoms with Gasteiger partial charge in [0, 0.05) is 6.92 Å². The van der Waals surface area contributed by atoms with E-state index in [2.05, 4.69) is 15.2 Å². The van der Waals surface area contributed by atoms with Crippen molar-refractivity contribution in [3.63, 3.8) is 0 Å². The lowest BCUT2D eigenvalue weighted by Gasteiger charge is -2.04. The zero-order valence-electron chi connectivity index (χ0n) is 9.67.